The van der Waals surface area contributed by atoms with Crippen LogP contribution in [0.2, 0.25) is 0 Å². The quantitative estimate of drug-likeness (QED) is 0.688. The third-order valence-corrected chi connectivity index (χ3v) is 3.82. The molecule has 1 unspecified atom stereocenters. The monoisotopic (exact) mass is 339 g/mol. The molecule has 0 fully saturated rings. The first-order valence-corrected chi connectivity index (χ1v) is 8.20. The van der Waals surface area contributed by atoms with Gasteiger partial charge in [-0.25, -0.2) is 4.79 Å². The van der Waals surface area contributed by atoms with E-state index in [-0.39, 0.29) is 31.0 Å². The number of carboxylic acids is 1. The standard InChI is InChI=1S/C20H21NO4/c22-18(16-10-5-2-6-11-16)12-7-13-19(23)21-17(20(24)25)14-15-8-3-1-4-9-15/h1-6,8-11,17H,7,12-14H2,(H,21,23)(H,24,25). The molecule has 0 aliphatic rings. The number of amides is 1. The van der Waals surface area contributed by atoms with Crippen molar-refractivity contribution in [3.63, 3.8) is 0 Å². The smallest absolute Gasteiger partial charge is 0.326 e. The lowest BCUT2D eigenvalue weighted by atomic mass is 10.0. The number of hydrogen-bond donors (Lipinski definition) is 2. The van der Waals surface area contributed by atoms with Crippen molar-refractivity contribution < 1.29 is 19.5 Å². The molecule has 5 nitrogen and oxygen atoms in total. The zero-order valence-electron chi connectivity index (χ0n) is 13.9. The van der Waals surface area contributed by atoms with Crippen LogP contribution in [-0.4, -0.2) is 28.8 Å². The van der Waals surface area contributed by atoms with Crippen LogP contribution in [-0.2, 0) is 16.0 Å². The minimum Gasteiger partial charge on any atom is -0.480 e. The molecular weight excluding hydrogens is 318 g/mol. The highest BCUT2D eigenvalue weighted by Gasteiger charge is 2.20. The van der Waals surface area contributed by atoms with E-state index in [9.17, 15) is 19.5 Å². The number of nitrogens with one attached hydrogen (secondary N) is 1. The van der Waals surface area contributed by atoms with Gasteiger partial charge < -0.3 is 10.4 Å². The van der Waals surface area contributed by atoms with Crippen LogP contribution in [0.15, 0.2) is 60.7 Å². The van der Waals surface area contributed by atoms with Gasteiger partial charge in [0, 0.05) is 24.8 Å². The summed E-state index contributed by atoms with van der Waals surface area (Å²) in [5, 5.41) is 11.8. The van der Waals surface area contributed by atoms with Gasteiger partial charge in [-0.3, -0.25) is 9.59 Å². The number of carbonyl (C=O) groups excluding carboxylic acids is 2. The van der Waals surface area contributed by atoms with E-state index in [4.69, 9.17) is 0 Å². The van der Waals surface area contributed by atoms with Crippen molar-refractivity contribution in [3.05, 3.63) is 71.8 Å². The molecule has 0 aliphatic carbocycles. The van der Waals surface area contributed by atoms with E-state index < -0.39 is 12.0 Å². The van der Waals surface area contributed by atoms with Crippen molar-refractivity contribution in [3.8, 4) is 0 Å². The summed E-state index contributed by atoms with van der Waals surface area (Å²) in [5.41, 5.74) is 1.46. The fourth-order valence-corrected chi connectivity index (χ4v) is 2.49. The summed E-state index contributed by atoms with van der Waals surface area (Å²) in [6.45, 7) is 0. The van der Waals surface area contributed by atoms with Gasteiger partial charge in [-0.1, -0.05) is 60.7 Å². The Hall–Kier alpha value is -2.95. The summed E-state index contributed by atoms with van der Waals surface area (Å²) in [4.78, 5) is 35.3. The lowest BCUT2D eigenvalue weighted by Gasteiger charge is -2.14. The van der Waals surface area contributed by atoms with Gasteiger partial charge in [0.05, 0.1) is 0 Å². The van der Waals surface area contributed by atoms with Crippen LogP contribution in [0.4, 0.5) is 0 Å². The van der Waals surface area contributed by atoms with E-state index in [1.807, 2.05) is 36.4 Å². The van der Waals surface area contributed by atoms with Crippen molar-refractivity contribution in [2.24, 2.45) is 0 Å². The van der Waals surface area contributed by atoms with Gasteiger partial charge in [0.2, 0.25) is 5.91 Å². The second-order valence-electron chi connectivity index (χ2n) is 5.79. The molecule has 0 heterocycles. The van der Waals surface area contributed by atoms with Crippen molar-refractivity contribution in [1.82, 2.24) is 5.32 Å². The lowest BCUT2D eigenvalue weighted by Crippen LogP contribution is -2.42. The summed E-state index contributed by atoms with van der Waals surface area (Å²) in [5.74, 6) is -1.45. The first-order valence-electron chi connectivity index (χ1n) is 8.20. The highest BCUT2D eigenvalue weighted by Crippen LogP contribution is 2.08. The van der Waals surface area contributed by atoms with E-state index in [1.54, 1.807) is 24.3 Å². The largest absolute Gasteiger partial charge is 0.480 e. The van der Waals surface area contributed by atoms with Gasteiger partial charge >= 0.3 is 5.97 Å². The third kappa shape index (κ3) is 6.22. The second kappa shape index (κ2) is 9.37. The highest BCUT2D eigenvalue weighted by atomic mass is 16.4. The Kier molecular flexibility index (Phi) is 6.89. The maximum absolute atomic E-state index is 12.0. The fourth-order valence-electron chi connectivity index (χ4n) is 2.49. The van der Waals surface area contributed by atoms with Crippen molar-refractivity contribution >= 4 is 17.7 Å². The Bertz CT molecular complexity index is 713. The van der Waals surface area contributed by atoms with Gasteiger partial charge in [-0.15, -0.1) is 0 Å². The normalized spacial score (nSPS) is 11.5. The Morgan fingerprint density at radius 1 is 0.880 bits per heavy atom. The first kappa shape index (κ1) is 18.4. The Balaban J connectivity index is 1.79. The number of hydrogen-bond acceptors (Lipinski definition) is 3. The van der Waals surface area contributed by atoms with E-state index in [2.05, 4.69) is 5.32 Å². The van der Waals surface area contributed by atoms with Crippen LogP contribution in [0.5, 0.6) is 0 Å². The topological polar surface area (TPSA) is 83.5 Å². The molecule has 2 rings (SSSR count). The summed E-state index contributed by atoms with van der Waals surface area (Å²) in [6.07, 6.45) is 0.993. The highest BCUT2D eigenvalue weighted by molar-refractivity contribution is 5.96. The number of carboxylic acid groups (broad SMARTS) is 1. The van der Waals surface area contributed by atoms with E-state index in [1.165, 1.54) is 0 Å². The van der Waals surface area contributed by atoms with Gasteiger partial charge in [-0.05, 0) is 12.0 Å². The maximum atomic E-state index is 12.0. The summed E-state index contributed by atoms with van der Waals surface area (Å²) >= 11 is 0. The average molecular weight is 339 g/mol. The van der Waals surface area contributed by atoms with Gasteiger partial charge in [-0.2, -0.15) is 0 Å². The summed E-state index contributed by atoms with van der Waals surface area (Å²) < 4.78 is 0. The zero-order valence-corrected chi connectivity index (χ0v) is 13.9. The van der Waals surface area contributed by atoms with Crippen molar-refractivity contribution in [1.29, 1.82) is 0 Å². The van der Waals surface area contributed by atoms with E-state index in [0.717, 1.165) is 5.56 Å². The molecule has 2 N–H and O–H groups in total. The summed E-state index contributed by atoms with van der Waals surface area (Å²) in [6, 6.07) is 17.1. The molecule has 0 spiro atoms. The first-order chi connectivity index (χ1) is 12.1. The molecule has 2 aromatic carbocycles. The summed E-state index contributed by atoms with van der Waals surface area (Å²) in [7, 11) is 0. The Morgan fingerprint density at radius 3 is 2.08 bits per heavy atom. The predicted octanol–water partition coefficient (Wildman–Crippen LogP) is 2.85. The molecule has 0 saturated carbocycles. The average Bonchev–Trinajstić information content (AvgIpc) is 2.62. The molecule has 0 saturated heterocycles. The SMILES string of the molecule is O=C(CCCC(=O)c1ccccc1)NC(Cc1ccccc1)C(=O)O. The number of Topliss-reactive ketones (excluding diaryl/α,β-unsaturated/α-hetero) is 1. The number of ketones is 1. The predicted molar refractivity (Wildman–Crippen MR) is 94.3 cm³/mol. The Morgan fingerprint density at radius 2 is 1.48 bits per heavy atom. The van der Waals surface area contributed by atoms with Gasteiger partial charge in [0.15, 0.2) is 5.78 Å². The van der Waals surface area contributed by atoms with Crippen LogP contribution in [0.25, 0.3) is 0 Å². The number of carbonyl (C=O) groups is 3. The molecule has 5 heteroatoms. The van der Waals surface area contributed by atoms with Crippen LogP contribution < -0.4 is 5.32 Å². The number of rotatable bonds is 9. The maximum Gasteiger partial charge on any atom is 0.326 e. The molecular formula is C20H21NO4. The van der Waals surface area contributed by atoms with Gasteiger partial charge in [0.1, 0.15) is 6.04 Å². The fraction of sp³-hybridized carbons (Fsp3) is 0.250. The molecule has 0 aromatic heterocycles. The van der Waals surface area contributed by atoms with Crippen LogP contribution >= 0.6 is 0 Å². The molecule has 1 atom stereocenters. The second-order valence-corrected chi connectivity index (χ2v) is 5.79. The molecule has 0 aliphatic heterocycles. The minimum absolute atomic E-state index is 0.0209. The Labute approximate surface area is 146 Å². The number of aliphatic carboxylic acids is 1. The lowest BCUT2D eigenvalue weighted by molar-refractivity contribution is -0.141. The molecule has 130 valence electrons. The van der Waals surface area contributed by atoms with Crippen molar-refractivity contribution in [2.45, 2.75) is 31.7 Å². The van der Waals surface area contributed by atoms with Crippen molar-refractivity contribution in [2.75, 3.05) is 0 Å². The zero-order chi connectivity index (χ0) is 18.1. The number of benzene rings is 2. The molecule has 1 amide bonds. The minimum atomic E-state index is -1.07. The van der Waals surface area contributed by atoms with Gasteiger partial charge in [0.25, 0.3) is 0 Å². The molecule has 0 radical (unpaired) electrons. The molecule has 2 aromatic rings. The molecule has 25 heavy (non-hydrogen) atoms. The van der Waals surface area contributed by atoms with E-state index >= 15 is 0 Å². The van der Waals surface area contributed by atoms with E-state index in [0.29, 0.717) is 12.0 Å². The molecule has 0 bridgehead atoms. The third-order valence-electron chi connectivity index (χ3n) is 3.82. The van der Waals surface area contributed by atoms with Crippen LogP contribution in [0.3, 0.4) is 0 Å². The van der Waals surface area contributed by atoms with Crippen LogP contribution in [0, 0.1) is 0 Å². The van der Waals surface area contributed by atoms with Crippen LogP contribution in [0.1, 0.15) is 35.2 Å².